The first-order valence-electron chi connectivity index (χ1n) is 4.79. The first-order valence-corrected chi connectivity index (χ1v) is 5.59. The van der Waals surface area contributed by atoms with Crippen LogP contribution in [0.2, 0.25) is 0 Å². The molecule has 7 heteroatoms. The Kier molecular flexibility index (Phi) is 4.35. The van der Waals surface area contributed by atoms with Crippen molar-refractivity contribution in [3.8, 4) is 6.07 Å². The van der Waals surface area contributed by atoms with E-state index in [2.05, 4.69) is 20.7 Å². The van der Waals surface area contributed by atoms with Crippen LogP contribution in [-0.4, -0.2) is 12.6 Å². The highest BCUT2D eigenvalue weighted by atomic mass is 79.9. The number of alkyl halides is 3. The summed E-state index contributed by atoms with van der Waals surface area (Å²) in [4.78, 5) is 11.6. The number of halogens is 4. The van der Waals surface area contributed by atoms with E-state index in [9.17, 15) is 18.0 Å². The summed E-state index contributed by atoms with van der Waals surface area (Å²) in [6.45, 7) is 1.53. The lowest BCUT2D eigenvalue weighted by molar-refractivity contribution is -0.138. The normalized spacial score (nSPS) is 10.9. The van der Waals surface area contributed by atoms with Crippen molar-refractivity contribution in [1.29, 1.82) is 5.26 Å². The molecule has 0 aromatic heterocycles. The van der Waals surface area contributed by atoms with E-state index >= 15 is 0 Å². The average Bonchev–Trinajstić information content (AvgIpc) is 2.26. The predicted octanol–water partition coefficient (Wildman–Crippen LogP) is 3.52. The van der Waals surface area contributed by atoms with Crippen molar-refractivity contribution >= 4 is 21.9 Å². The molecule has 0 unspecified atom stereocenters. The van der Waals surface area contributed by atoms with Crippen molar-refractivity contribution in [3.05, 3.63) is 33.3 Å². The topological polar surface area (TPSA) is 50.1 Å². The molecule has 0 atom stereocenters. The minimum Gasteiger partial charge on any atom is -0.462 e. The standard InChI is InChI=1S/C11H7BrF3NO2/c1-2-18-10(17)8-6(5-16)3-4-7(9(8)12)11(13,14)15/h3-4H,2H2,1H3. The molecule has 0 aliphatic rings. The van der Waals surface area contributed by atoms with E-state index in [-0.39, 0.29) is 12.2 Å². The highest BCUT2D eigenvalue weighted by molar-refractivity contribution is 9.10. The van der Waals surface area contributed by atoms with Gasteiger partial charge in [0.15, 0.2) is 0 Å². The van der Waals surface area contributed by atoms with Gasteiger partial charge < -0.3 is 4.74 Å². The smallest absolute Gasteiger partial charge is 0.417 e. The Morgan fingerprint density at radius 3 is 2.56 bits per heavy atom. The Balaban J connectivity index is 3.47. The number of esters is 1. The number of benzene rings is 1. The summed E-state index contributed by atoms with van der Waals surface area (Å²) in [5.41, 5.74) is -1.60. The minimum absolute atomic E-state index is 0.00634. The molecule has 0 radical (unpaired) electrons. The number of ether oxygens (including phenoxy) is 1. The number of rotatable bonds is 2. The molecule has 0 aliphatic heterocycles. The molecule has 96 valence electrons. The molecular formula is C11H7BrF3NO2. The fraction of sp³-hybridized carbons (Fsp3) is 0.273. The summed E-state index contributed by atoms with van der Waals surface area (Å²) in [7, 11) is 0. The lowest BCUT2D eigenvalue weighted by atomic mass is 10.0. The second-order valence-electron chi connectivity index (χ2n) is 3.18. The Hall–Kier alpha value is -1.55. The largest absolute Gasteiger partial charge is 0.462 e. The molecule has 1 aromatic rings. The fourth-order valence-electron chi connectivity index (χ4n) is 1.29. The van der Waals surface area contributed by atoms with Crippen LogP contribution < -0.4 is 0 Å². The molecular weight excluding hydrogens is 315 g/mol. The number of hydrogen-bond acceptors (Lipinski definition) is 3. The molecule has 3 nitrogen and oxygen atoms in total. The summed E-state index contributed by atoms with van der Waals surface area (Å²) in [6.07, 6.45) is -4.62. The van der Waals surface area contributed by atoms with E-state index in [1.807, 2.05) is 0 Å². The summed E-state index contributed by atoms with van der Waals surface area (Å²) in [5, 5.41) is 8.79. The summed E-state index contributed by atoms with van der Waals surface area (Å²) in [5.74, 6) is -0.966. The van der Waals surface area contributed by atoms with Gasteiger partial charge in [-0.05, 0) is 35.0 Å². The Labute approximate surface area is 109 Å². The van der Waals surface area contributed by atoms with Crippen LogP contribution in [0.1, 0.15) is 28.4 Å². The van der Waals surface area contributed by atoms with Gasteiger partial charge in [-0.15, -0.1) is 0 Å². The van der Waals surface area contributed by atoms with Crippen LogP contribution in [-0.2, 0) is 10.9 Å². The zero-order valence-corrected chi connectivity index (χ0v) is 10.7. The molecule has 18 heavy (non-hydrogen) atoms. The van der Waals surface area contributed by atoms with Crippen LogP contribution in [0.25, 0.3) is 0 Å². The van der Waals surface area contributed by atoms with Gasteiger partial charge in [0.1, 0.15) is 6.07 Å². The van der Waals surface area contributed by atoms with Crippen molar-refractivity contribution in [3.63, 3.8) is 0 Å². The van der Waals surface area contributed by atoms with Gasteiger partial charge in [-0.25, -0.2) is 4.79 Å². The van der Waals surface area contributed by atoms with Crippen molar-refractivity contribution in [2.45, 2.75) is 13.1 Å². The molecule has 0 spiro atoms. The summed E-state index contributed by atoms with van der Waals surface area (Å²) in [6, 6.07) is 3.34. The van der Waals surface area contributed by atoms with Gasteiger partial charge in [-0.1, -0.05) is 0 Å². The maximum atomic E-state index is 12.6. The third-order valence-electron chi connectivity index (χ3n) is 2.05. The van der Waals surface area contributed by atoms with Gasteiger partial charge in [0.05, 0.1) is 23.3 Å². The van der Waals surface area contributed by atoms with E-state index in [4.69, 9.17) is 5.26 Å². The van der Waals surface area contributed by atoms with Crippen LogP contribution in [0.4, 0.5) is 13.2 Å². The highest BCUT2D eigenvalue weighted by Crippen LogP contribution is 2.37. The third kappa shape index (κ3) is 2.82. The van der Waals surface area contributed by atoms with Gasteiger partial charge in [0.2, 0.25) is 0 Å². The predicted molar refractivity (Wildman–Crippen MR) is 59.8 cm³/mol. The van der Waals surface area contributed by atoms with E-state index < -0.39 is 27.7 Å². The van der Waals surface area contributed by atoms with Crippen LogP contribution in [0, 0.1) is 11.3 Å². The van der Waals surface area contributed by atoms with E-state index in [0.29, 0.717) is 0 Å². The molecule has 0 bridgehead atoms. The molecule has 0 saturated carbocycles. The second-order valence-corrected chi connectivity index (χ2v) is 3.97. The molecule has 0 N–H and O–H groups in total. The molecule has 0 aliphatic carbocycles. The minimum atomic E-state index is -4.62. The van der Waals surface area contributed by atoms with Crippen LogP contribution in [0.15, 0.2) is 16.6 Å². The molecule has 1 aromatic carbocycles. The molecule has 0 heterocycles. The first-order chi connectivity index (χ1) is 8.32. The first kappa shape index (κ1) is 14.5. The molecule has 1 rings (SSSR count). The van der Waals surface area contributed by atoms with E-state index in [1.54, 1.807) is 6.07 Å². The van der Waals surface area contributed by atoms with E-state index in [1.165, 1.54) is 6.92 Å². The number of hydrogen-bond donors (Lipinski definition) is 0. The van der Waals surface area contributed by atoms with Gasteiger partial charge in [-0.2, -0.15) is 18.4 Å². The number of nitrogens with zero attached hydrogens (tertiary/aromatic N) is 1. The SMILES string of the molecule is CCOC(=O)c1c(C#N)ccc(C(F)(F)F)c1Br. The van der Waals surface area contributed by atoms with Gasteiger partial charge in [-0.3, -0.25) is 0 Å². The molecule has 0 fully saturated rings. The molecule has 0 amide bonds. The monoisotopic (exact) mass is 321 g/mol. The third-order valence-corrected chi connectivity index (χ3v) is 2.87. The molecule has 0 saturated heterocycles. The van der Waals surface area contributed by atoms with E-state index in [0.717, 1.165) is 12.1 Å². The Morgan fingerprint density at radius 1 is 1.50 bits per heavy atom. The summed E-state index contributed by atoms with van der Waals surface area (Å²) < 4.78 is 42.1. The van der Waals surface area contributed by atoms with Crippen LogP contribution in [0.5, 0.6) is 0 Å². The van der Waals surface area contributed by atoms with Crippen molar-refractivity contribution in [1.82, 2.24) is 0 Å². The van der Waals surface area contributed by atoms with Crippen LogP contribution >= 0.6 is 15.9 Å². The second kappa shape index (κ2) is 5.40. The zero-order valence-electron chi connectivity index (χ0n) is 9.14. The van der Waals surface area contributed by atoms with Crippen molar-refractivity contribution in [2.75, 3.05) is 6.61 Å². The number of nitriles is 1. The lowest BCUT2D eigenvalue weighted by Crippen LogP contribution is -2.13. The van der Waals surface area contributed by atoms with Gasteiger partial charge in [0.25, 0.3) is 0 Å². The number of carbonyl (C=O) groups excluding carboxylic acids is 1. The average molecular weight is 322 g/mol. The maximum absolute atomic E-state index is 12.6. The van der Waals surface area contributed by atoms with Crippen molar-refractivity contribution in [2.24, 2.45) is 0 Å². The Bertz CT molecular complexity index is 520. The highest BCUT2D eigenvalue weighted by Gasteiger charge is 2.35. The maximum Gasteiger partial charge on any atom is 0.417 e. The fourth-order valence-corrected chi connectivity index (χ4v) is 2.02. The van der Waals surface area contributed by atoms with Crippen LogP contribution in [0.3, 0.4) is 0 Å². The Morgan fingerprint density at radius 2 is 2.11 bits per heavy atom. The quantitative estimate of drug-likeness (QED) is 0.783. The number of carbonyl (C=O) groups is 1. The van der Waals surface area contributed by atoms with Gasteiger partial charge in [0, 0.05) is 4.47 Å². The lowest BCUT2D eigenvalue weighted by Gasteiger charge is -2.13. The van der Waals surface area contributed by atoms with Crippen molar-refractivity contribution < 1.29 is 22.7 Å². The summed E-state index contributed by atoms with van der Waals surface area (Å²) >= 11 is 2.71. The van der Waals surface area contributed by atoms with Gasteiger partial charge >= 0.3 is 12.1 Å². The zero-order chi connectivity index (χ0) is 13.9.